The fourth-order valence-electron chi connectivity index (χ4n) is 3.87. The first-order chi connectivity index (χ1) is 13.0. The van der Waals surface area contributed by atoms with Crippen molar-refractivity contribution in [3.8, 4) is 0 Å². The van der Waals surface area contributed by atoms with E-state index in [1.807, 2.05) is 4.90 Å². The van der Waals surface area contributed by atoms with Gasteiger partial charge in [0.05, 0.1) is 6.04 Å². The third-order valence-electron chi connectivity index (χ3n) is 5.06. The Morgan fingerprint density at radius 3 is 2.43 bits per heavy atom. The van der Waals surface area contributed by atoms with Crippen LogP contribution in [0.15, 0.2) is 23.2 Å². The number of amides is 1. The van der Waals surface area contributed by atoms with Crippen LogP contribution in [0.5, 0.6) is 0 Å². The van der Waals surface area contributed by atoms with E-state index in [1.54, 1.807) is 36.9 Å². The fourth-order valence-corrected chi connectivity index (χ4v) is 5.61. The Balaban J connectivity index is 0.00000280. The molecule has 4 nitrogen and oxygen atoms in total. The van der Waals surface area contributed by atoms with Crippen LogP contribution >= 0.6 is 47.4 Å². The van der Waals surface area contributed by atoms with Gasteiger partial charge in [-0.25, -0.2) is 0 Å². The molecule has 0 aromatic heterocycles. The van der Waals surface area contributed by atoms with Gasteiger partial charge in [0.1, 0.15) is 6.17 Å². The third kappa shape index (κ3) is 5.71. The molecule has 1 aromatic rings. The largest absolute Gasteiger partial charge is 0.330 e. The van der Waals surface area contributed by atoms with Crippen molar-refractivity contribution in [3.05, 3.63) is 28.2 Å². The van der Waals surface area contributed by atoms with Gasteiger partial charge in [0.2, 0.25) is 5.91 Å². The summed E-state index contributed by atoms with van der Waals surface area (Å²) in [4.78, 5) is 21.7. The Kier molecular flexibility index (Phi) is 9.26. The zero-order valence-corrected chi connectivity index (χ0v) is 19.5. The normalized spacial score (nSPS) is 21.6. The fraction of sp³-hybridized carbons (Fsp3) is 0.600. The van der Waals surface area contributed by atoms with Gasteiger partial charge in [-0.05, 0) is 37.5 Å². The number of hydrogen-bond donors (Lipinski definition) is 0. The van der Waals surface area contributed by atoms with E-state index in [1.165, 1.54) is 32.1 Å². The quantitative estimate of drug-likeness (QED) is 0.517. The number of nitrogens with zero attached hydrogens (tertiary/aromatic N) is 3. The van der Waals surface area contributed by atoms with Crippen LogP contribution in [0.4, 0.5) is 5.69 Å². The summed E-state index contributed by atoms with van der Waals surface area (Å²) in [7, 11) is 0. The topological polar surface area (TPSA) is 35.9 Å². The van der Waals surface area contributed by atoms with Crippen LogP contribution in [0, 0.1) is 0 Å². The smallest absolute Gasteiger partial charge is 0.225 e. The third-order valence-corrected chi connectivity index (χ3v) is 6.56. The molecule has 1 saturated carbocycles. The molecular weight excluding hydrogens is 437 g/mol. The first kappa shape index (κ1) is 23.7. The molecule has 0 spiro atoms. The summed E-state index contributed by atoms with van der Waals surface area (Å²) < 4.78 is 0. The molecule has 0 radical (unpaired) electrons. The average Bonchev–Trinajstić information content (AvgIpc) is 2.98. The van der Waals surface area contributed by atoms with E-state index in [9.17, 15) is 4.79 Å². The summed E-state index contributed by atoms with van der Waals surface area (Å²) in [6.07, 6.45) is 7.15. The second-order valence-electron chi connectivity index (χ2n) is 7.21. The van der Waals surface area contributed by atoms with E-state index in [0.717, 1.165) is 29.6 Å². The molecule has 0 bridgehead atoms. The first-order valence-electron chi connectivity index (χ1n) is 9.72. The van der Waals surface area contributed by atoms with Gasteiger partial charge in [-0.3, -0.25) is 14.7 Å². The van der Waals surface area contributed by atoms with E-state index < -0.39 is 0 Å². The molecule has 1 aromatic carbocycles. The lowest BCUT2D eigenvalue weighted by Crippen LogP contribution is -2.50. The maximum absolute atomic E-state index is 12.6. The molecule has 1 heterocycles. The number of rotatable bonds is 5. The van der Waals surface area contributed by atoms with Gasteiger partial charge in [0.15, 0.2) is 5.17 Å². The zero-order valence-electron chi connectivity index (χ0n) is 16.4. The number of hydrogen-bond acceptors (Lipinski definition) is 3. The number of aliphatic imine (C=N–C) groups is 1. The number of carbonyl (C=O) groups excluding carboxylic acids is 1. The summed E-state index contributed by atoms with van der Waals surface area (Å²) in [6.45, 7) is 4.63. The van der Waals surface area contributed by atoms with E-state index >= 15 is 0 Å². The number of benzene rings is 1. The highest BCUT2D eigenvalue weighted by molar-refractivity contribution is 8.14. The van der Waals surface area contributed by atoms with E-state index in [2.05, 4.69) is 11.8 Å². The molecule has 0 N–H and O–H groups in total. The monoisotopic (exact) mass is 463 g/mol. The number of carbonyl (C=O) groups is 1. The molecule has 1 atom stereocenters. The minimum Gasteiger partial charge on any atom is -0.330 e. The lowest BCUT2D eigenvalue weighted by molar-refractivity contribution is -0.117. The van der Waals surface area contributed by atoms with Gasteiger partial charge in [0, 0.05) is 35.0 Å². The van der Waals surface area contributed by atoms with Crippen LogP contribution in [0.1, 0.15) is 52.4 Å². The average molecular weight is 465 g/mol. The molecule has 1 aliphatic heterocycles. The van der Waals surface area contributed by atoms with Crippen LogP contribution in [-0.4, -0.2) is 40.5 Å². The van der Waals surface area contributed by atoms with Crippen molar-refractivity contribution in [2.24, 2.45) is 4.99 Å². The van der Waals surface area contributed by atoms with Crippen molar-refractivity contribution in [1.82, 2.24) is 4.90 Å². The summed E-state index contributed by atoms with van der Waals surface area (Å²) in [5.41, 5.74) is 0.741. The number of thioether (sulfide) groups is 1. The molecule has 2 fully saturated rings. The highest BCUT2D eigenvalue weighted by Gasteiger charge is 2.37. The van der Waals surface area contributed by atoms with Crippen molar-refractivity contribution < 1.29 is 4.79 Å². The van der Waals surface area contributed by atoms with Crippen LogP contribution in [0.2, 0.25) is 10.0 Å². The van der Waals surface area contributed by atoms with Crippen LogP contribution in [0.3, 0.4) is 0 Å². The Hall–Kier alpha value is -0.620. The SMILES string of the molecule is CCCN1C(=NC2CCCCC2)SCC1N(C(C)=O)c1cc(Cl)cc(Cl)c1.Cl. The van der Waals surface area contributed by atoms with Gasteiger partial charge in [0.25, 0.3) is 0 Å². The molecule has 8 heteroatoms. The predicted octanol–water partition coefficient (Wildman–Crippen LogP) is 6.24. The highest BCUT2D eigenvalue weighted by Crippen LogP contribution is 2.34. The van der Waals surface area contributed by atoms with Crippen LogP contribution in [0.25, 0.3) is 0 Å². The van der Waals surface area contributed by atoms with E-state index in [-0.39, 0.29) is 24.5 Å². The van der Waals surface area contributed by atoms with E-state index in [0.29, 0.717) is 16.1 Å². The molecular formula is C20H28Cl3N3OS. The second-order valence-corrected chi connectivity index (χ2v) is 9.07. The van der Waals surface area contributed by atoms with Crippen LogP contribution < -0.4 is 4.90 Å². The highest BCUT2D eigenvalue weighted by atomic mass is 35.5. The maximum Gasteiger partial charge on any atom is 0.225 e. The molecule has 1 unspecified atom stereocenters. The number of amidine groups is 1. The molecule has 1 saturated heterocycles. The summed E-state index contributed by atoms with van der Waals surface area (Å²) in [5.74, 6) is 0.786. The summed E-state index contributed by atoms with van der Waals surface area (Å²) >= 11 is 14.1. The Labute approximate surface area is 188 Å². The van der Waals surface area contributed by atoms with E-state index in [4.69, 9.17) is 28.2 Å². The minimum absolute atomic E-state index is 0. The van der Waals surface area contributed by atoms with Crippen molar-refractivity contribution in [2.75, 3.05) is 17.2 Å². The molecule has 156 valence electrons. The molecule has 1 aliphatic carbocycles. The number of halogens is 3. The Morgan fingerprint density at radius 1 is 1.21 bits per heavy atom. The van der Waals surface area contributed by atoms with Gasteiger partial charge >= 0.3 is 0 Å². The van der Waals surface area contributed by atoms with Gasteiger partial charge in [-0.1, -0.05) is 61.1 Å². The second kappa shape index (κ2) is 11.0. The molecule has 1 amide bonds. The van der Waals surface area contributed by atoms with Crippen molar-refractivity contribution >= 4 is 64.1 Å². The summed E-state index contributed by atoms with van der Waals surface area (Å²) in [6, 6.07) is 5.72. The first-order valence-corrected chi connectivity index (χ1v) is 11.5. The molecule has 3 rings (SSSR count). The molecule has 28 heavy (non-hydrogen) atoms. The minimum atomic E-state index is -0.0654. The summed E-state index contributed by atoms with van der Waals surface area (Å²) in [5, 5.41) is 2.15. The van der Waals surface area contributed by atoms with Gasteiger partial charge in [-0.2, -0.15) is 0 Å². The zero-order chi connectivity index (χ0) is 19.4. The Morgan fingerprint density at radius 2 is 1.86 bits per heavy atom. The van der Waals surface area contributed by atoms with Gasteiger partial charge in [-0.15, -0.1) is 12.4 Å². The molecule has 2 aliphatic rings. The number of anilines is 1. The van der Waals surface area contributed by atoms with Gasteiger partial charge < -0.3 is 4.90 Å². The van der Waals surface area contributed by atoms with Crippen LogP contribution in [-0.2, 0) is 4.79 Å². The maximum atomic E-state index is 12.6. The Bertz CT molecular complexity index is 690. The standard InChI is InChI=1S/C20H27Cl2N3OS.ClH/c1-3-9-24-19(13-27-20(24)23-17-7-5-4-6-8-17)25(14(2)26)18-11-15(21)10-16(22)12-18;/h10-12,17,19H,3-9,13H2,1-2H3;1H. The lowest BCUT2D eigenvalue weighted by atomic mass is 9.96. The predicted molar refractivity (Wildman–Crippen MR) is 124 cm³/mol. The van der Waals surface area contributed by atoms with Crippen molar-refractivity contribution in [1.29, 1.82) is 0 Å². The van der Waals surface area contributed by atoms with Crippen molar-refractivity contribution in [2.45, 2.75) is 64.6 Å². The lowest BCUT2D eigenvalue weighted by Gasteiger charge is -2.35. The van der Waals surface area contributed by atoms with Crippen molar-refractivity contribution in [3.63, 3.8) is 0 Å².